The lowest BCUT2D eigenvalue weighted by Gasteiger charge is -2.21. The topological polar surface area (TPSA) is 105 Å². The van der Waals surface area contributed by atoms with Gasteiger partial charge in [0.15, 0.2) is 0 Å². The molecule has 0 atom stereocenters. The van der Waals surface area contributed by atoms with Gasteiger partial charge in [0, 0.05) is 0 Å². The molecule has 0 radical (unpaired) electrons. The van der Waals surface area contributed by atoms with Gasteiger partial charge in [-0.15, -0.1) is 0 Å². The Bertz CT molecular complexity index is 1630. The molecule has 9 heteroatoms. The van der Waals surface area contributed by atoms with E-state index >= 15 is 0 Å². The number of benzene rings is 4. The molecule has 0 aromatic heterocycles. The largest absolute Gasteiger partial charge is 0.491 e. The summed E-state index contributed by atoms with van der Waals surface area (Å²) >= 11 is 0. The summed E-state index contributed by atoms with van der Waals surface area (Å²) in [7, 11) is -3.88. The van der Waals surface area contributed by atoms with Crippen molar-refractivity contribution in [2.75, 3.05) is 0 Å². The van der Waals surface area contributed by atoms with Crippen LogP contribution in [0.1, 0.15) is 55.3 Å². The van der Waals surface area contributed by atoms with Crippen molar-refractivity contribution in [2.24, 2.45) is 0 Å². The van der Waals surface area contributed by atoms with Crippen LogP contribution in [0.2, 0.25) is 0 Å². The van der Waals surface area contributed by atoms with E-state index in [4.69, 9.17) is 18.9 Å². The van der Waals surface area contributed by atoms with E-state index in [2.05, 4.69) is 0 Å². The number of carbonyl (C=O) groups excluding carboxylic acids is 2. The minimum absolute atomic E-state index is 0.0104. The summed E-state index contributed by atoms with van der Waals surface area (Å²) in [6, 6.07) is 24.2. The molecule has 0 heterocycles. The summed E-state index contributed by atoms with van der Waals surface area (Å²) in [5.74, 6) is 0.488. The molecule has 4 aromatic carbocycles. The van der Waals surface area contributed by atoms with Gasteiger partial charge in [-0.2, -0.15) is 0 Å². The zero-order valence-corrected chi connectivity index (χ0v) is 24.8. The normalized spacial score (nSPS) is 11.6. The van der Waals surface area contributed by atoms with Crippen LogP contribution in [-0.4, -0.2) is 32.1 Å². The maximum absolute atomic E-state index is 13.1. The Kier molecular flexibility index (Phi) is 9.02. The van der Waals surface area contributed by atoms with Crippen LogP contribution in [0.4, 0.5) is 0 Å². The van der Waals surface area contributed by atoms with Crippen molar-refractivity contribution in [3.05, 3.63) is 108 Å². The van der Waals surface area contributed by atoms with Gasteiger partial charge in [0.05, 0.1) is 27.0 Å². The zero-order valence-electron chi connectivity index (χ0n) is 24.0. The van der Waals surface area contributed by atoms with Crippen LogP contribution in [0.5, 0.6) is 23.0 Å². The van der Waals surface area contributed by atoms with Crippen molar-refractivity contribution in [1.29, 1.82) is 0 Å². The van der Waals surface area contributed by atoms with Crippen LogP contribution in [0.25, 0.3) is 0 Å². The van der Waals surface area contributed by atoms with Gasteiger partial charge in [0.1, 0.15) is 28.6 Å². The fourth-order valence-electron chi connectivity index (χ4n) is 3.80. The minimum Gasteiger partial charge on any atom is -0.491 e. The average Bonchev–Trinajstić information content (AvgIpc) is 2.93. The highest BCUT2D eigenvalue weighted by molar-refractivity contribution is 7.91. The Hall–Kier alpha value is -4.63. The second kappa shape index (κ2) is 12.5. The lowest BCUT2D eigenvalue weighted by atomic mass is 10.1. The van der Waals surface area contributed by atoms with E-state index in [9.17, 15) is 18.0 Å². The first-order valence-electron chi connectivity index (χ1n) is 13.3. The SMILES string of the molecule is CC(C)Oc1ccc(C(=O)Oc2ccc(S(=O)(=O)c3ccc(OC(=O)c4ccc(OC(C)(C)C)cc4)cc3)cc2)cc1. The van der Waals surface area contributed by atoms with Crippen molar-refractivity contribution >= 4 is 21.8 Å². The van der Waals surface area contributed by atoms with Gasteiger partial charge in [-0.25, -0.2) is 18.0 Å². The summed E-state index contributed by atoms with van der Waals surface area (Å²) in [4.78, 5) is 25.1. The van der Waals surface area contributed by atoms with E-state index in [-0.39, 0.29) is 33.0 Å². The molecule has 8 nitrogen and oxygen atoms in total. The van der Waals surface area contributed by atoms with E-state index in [1.165, 1.54) is 48.5 Å². The maximum atomic E-state index is 13.1. The standard InChI is InChI=1S/C33H32O8S/c1-22(2)38-25-10-6-23(7-11-25)31(34)39-26-14-18-29(19-15-26)42(36,37)30-20-16-27(17-21-30)40-32(35)24-8-12-28(13-9-24)41-33(3,4)5/h6-22H,1-5H3. The van der Waals surface area contributed by atoms with Gasteiger partial charge in [-0.3, -0.25) is 0 Å². The number of esters is 2. The Morgan fingerprint density at radius 3 is 1.29 bits per heavy atom. The average molecular weight is 589 g/mol. The fraction of sp³-hybridized carbons (Fsp3) is 0.212. The van der Waals surface area contributed by atoms with E-state index in [0.29, 0.717) is 22.6 Å². The summed E-state index contributed by atoms with van der Waals surface area (Å²) < 4.78 is 48.4. The third-order valence-corrected chi connectivity index (χ3v) is 7.45. The molecule has 218 valence electrons. The maximum Gasteiger partial charge on any atom is 0.343 e. The highest BCUT2D eigenvalue weighted by atomic mass is 32.2. The highest BCUT2D eigenvalue weighted by Gasteiger charge is 2.19. The van der Waals surface area contributed by atoms with Crippen LogP contribution in [0, 0.1) is 0 Å². The second-order valence-corrected chi connectivity index (χ2v) is 12.6. The number of hydrogen-bond donors (Lipinski definition) is 0. The predicted molar refractivity (Wildman–Crippen MR) is 157 cm³/mol. The fourth-order valence-corrected chi connectivity index (χ4v) is 5.06. The Morgan fingerprint density at radius 2 is 0.929 bits per heavy atom. The van der Waals surface area contributed by atoms with Crippen molar-refractivity contribution in [3.8, 4) is 23.0 Å². The second-order valence-electron chi connectivity index (χ2n) is 10.7. The number of sulfone groups is 1. The van der Waals surface area contributed by atoms with Crippen molar-refractivity contribution in [2.45, 2.75) is 56.1 Å². The highest BCUT2D eigenvalue weighted by Crippen LogP contribution is 2.26. The van der Waals surface area contributed by atoms with E-state index in [1.54, 1.807) is 48.5 Å². The summed E-state index contributed by atoms with van der Waals surface area (Å²) in [5.41, 5.74) is 0.288. The van der Waals surface area contributed by atoms with Gasteiger partial charge in [-0.05, 0) is 132 Å². The molecule has 42 heavy (non-hydrogen) atoms. The molecule has 0 spiro atoms. The van der Waals surface area contributed by atoms with Gasteiger partial charge in [0.25, 0.3) is 0 Å². The Labute approximate surface area is 245 Å². The summed E-state index contributed by atoms with van der Waals surface area (Å²) in [6.07, 6.45) is 0.0104. The number of hydrogen-bond acceptors (Lipinski definition) is 8. The first-order valence-corrected chi connectivity index (χ1v) is 14.7. The summed E-state index contributed by atoms with van der Waals surface area (Å²) in [6.45, 7) is 9.60. The molecule has 0 unspecified atom stereocenters. The molecule has 0 amide bonds. The molecule has 0 saturated carbocycles. The lowest BCUT2D eigenvalue weighted by molar-refractivity contribution is 0.0725. The third-order valence-electron chi connectivity index (χ3n) is 5.67. The van der Waals surface area contributed by atoms with Gasteiger partial charge >= 0.3 is 11.9 Å². The molecular weight excluding hydrogens is 556 g/mol. The van der Waals surface area contributed by atoms with Crippen LogP contribution in [0.3, 0.4) is 0 Å². The Morgan fingerprint density at radius 1 is 0.571 bits per heavy atom. The molecule has 4 aromatic rings. The first-order chi connectivity index (χ1) is 19.8. The molecular formula is C33H32O8S. The summed E-state index contributed by atoms with van der Waals surface area (Å²) in [5, 5.41) is 0. The van der Waals surface area contributed by atoms with Crippen molar-refractivity contribution in [1.82, 2.24) is 0 Å². The number of ether oxygens (including phenoxy) is 4. The monoisotopic (exact) mass is 588 g/mol. The molecule has 4 rings (SSSR count). The molecule has 0 aliphatic heterocycles. The smallest absolute Gasteiger partial charge is 0.343 e. The quantitative estimate of drug-likeness (QED) is 0.153. The van der Waals surface area contributed by atoms with Crippen molar-refractivity contribution in [3.63, 3.8) is 0 Å². The molecule has 0 fully saturated rings. The third kappa shape index (κ3) is 7.98. The van der Waals surface area contributed by atoms with Gasteiger partial charge in [-0.1, -0.05) is 0 Å². The molecule has 0 saturated heterocycles. The van der Waals surface area contributed by atoms with Crippen LogP contribution >= 0.6 is 0 Å². The van der Waals surface area contributed by atoms with Crippen molar-refractivity contribution < 1.29 is 37.0 Å². The molecule has 0 bridgehead atoms. The zero-order chi connectivity index (χ0) is 30.5. The molecule has 0 aliphatic carbocycles. The molecule has 0 aliphatic rings. The number of carbonyl (C=O) groups is 2. The predicted octanol–water partition coefficient (Wildman–Crippen LogP) is 6.92. The Balaban J connectivity index is 1.37. The van der Waals surface area contributed by atoms with Gasteiger partial charge in [0.2, 0.25) is 9.84 Å². The minimum atomic E-state index is -3.88. The van der Waals surface area contributed by atoms with Crippen LogP contribution < -0.4 is 18.9 Å². The molecule has 0 N–H and O–H groups in total. The van der Waals surface area contributed by atoms with E-state index < -0.39 is 21.8 Å². The first kappa shape index (κ1) is 30.3. The van der Waals surface area contributed by atoms with Gasteiger partial charge < -0.3 is 18.9 Å². The van der Waals surface area contributed by atoms with E-state index in [0.717, 1.165) is 0 Å². The van der Waals surface area contributed by atoms with Crippen LogP contribution in [-0.2, 0) is 9.84 Å². The lowest BCUT2D eigenvalue weighted by Crippen LogP contribution is -2.22. The number of rotatable bonds is 9. The van der Waals surface area contributed by atoms with E-state index in [1.807, 2.05) is 34.6 Å². The van der Waals surface area contributed by atoms with Crippen LogP contribution in [0.15, 0.2) is 107 Å².